The second-order valence-corrected chi connectivity index (χ2v) is 5.28. The third-order valence-corrected chi connectivity index (χ3v) is 4.35. The summed E-state index contributed by atoms with van der Waals surface area (Å²) in [5.74, 6) is 0. The van der Waals surface area contributed by atoms with Crippen LogP contribution >= 0.6 is 11.3 Å². The largest absolute Gasteiger partial charge is 0.256 e. The first-order chi connectivity index (χ1) is 11.1. The minimum atomic E-state index is -0.303. The molecule has 0 saturated carbocycles. The summed E-state index contributed by atoms with van der Waals surface area (Å²) in [5.41, 5.74) is 1.05. The van der Waals surface area contributed by atoms with E-state index in [1.165, 1.54) is 0 Å². The molecule has 0 saturated heterocycles. The molecule has 0 radical (unpaired) electrons. The predicted octanol–water partition coefficient (Wildman–Crippen LogP) is 5.12. The van der Waals surface area contributed by atoms with Gasteiger partial charge in [-0.25, -0.2) is 0 Å². The van der Waals surface area contributed by atoms with E-state index in [4.69, 9.17) is 5.48 Å². The van der Waals surface area contributed by atoms with Crippen LogP contribution in [0.4, 0.5) is 0 Å². The fraction of sp³-hybridized carbons (Fsp3) is 0. The van der Waals surface area contributed by atoms with E-state index < -0.39 is 0 Å². The number of hydrogen-bond acceptors (Lipinski definition) is 2. The fourth-order valence-electron chi connectivity index (χ4n) is 2.29. The molecule has 0 N–H and O–H groups in total. The summed E-state index contributed by atoms with van der Waals surface area (Å²) >= 11 is 1.62. The number of thiophene rings is 1. The summed E-state index contributed by atoms with van der Waals surface area (Å²) in [4.78, 5) is 4.10. The maximum absolute atomic E-state index is 8.13. The van der Waals surface area contributed by atoms with Crippen LogP contribution in [-0.4, -0.2) is 4.98 Å². The highest BCUT2D eigenvalue weighted by Crippen LogP contribution is 2.38. The van der Waals surface area contributed by atoms with Gasteiger partial charge in [-0.2, -0.15) is 0 Å². The zero-order chi connectivity index (χ0) is 16.1. The Morgan fingerprint density at radius 1 is 0.947 bits per heavy atom. The molecule has 2 heteroatoms. The van der Waals surface area contributed by atoms with Gasteiger partial charge < -0.3 is 0 Å². The third kappa shape index (κ3) is 1.65. The van der Waals surface area contributed by atoms with Crippen LogP contribution in [0.3, 0.4) is 0 Å². The Morgan fingerprint density at radius 3 is 2.84 bits per heavy atom. The Hall–Kier alpha value is -2.19. The van der Waals surface area contributed by atoms with Crippen molar-refractivity contribution in [3.8, 4) is 11.3 Å². The summed E-state index contributed by atoms with van der Waals surface area (Å²) in [6.07, 6.45) is -0.265. The highest BCUT2D eigenvalue weighted by Gasteiger charge is 2.09. The number of aromatic nitrogens is 1. The van der Waals surface area contributed by atoms with Crippen LogP contribution in [0.2, 0.25) is 0 Å². The highest BCUT2D eigenvalue weighted by atomic mass is 32.1. The van der Waals surface area contributed by atoms with Gasteiger partial charge in [-0.3, -0.25) is 4.98 Å². The van der Waals surface area contributed by atoms with Gasteiger partial charge in [0.25, 0.3) is 0 Å². The molecule has 2 aromatic carbocycles. The number of nitrogens with zero attached hydrogens (tertiary/aromatic N) is 1. The summed E-state index contributed by atoms with van der Waals surface area (Å²) in [6.45, 7) is 0. The van der Waals surface area contributed by atoms with Gasteiger partial charge in [0.05, 0.1) is 11.2 Å². The normalized spacial score (nSPS) is 14.1. The molecular weight excluding hydrogens is 250 g/mol. The van der Waals surface area contributed by atoms with E-state index in [2.05, 4.69) is 17.1 Å². The summed E-state index contributed by atoms with van der Waals surface area (Å²) in [6, 6.07) is 13.2. The molecule has 0 aliphatic heterocycles. The van der Waals surface area contributed by atoms with Crippen LogP contribution in [0.15, 0.2) is 66.8 Å². The molecule has 0 spiro atoms. The number of benzene rings is 2. The SMILES string of the molecule is [2H]c1nc(-c2cccc3c2sc2ccccc23)c([2H])c([2H])c1[2H]. The second kappa shape index (κ2) is 4.18. The Bertz CT molecular complexity index is 1070. The molecular formula is C17H11NS. The van der Waals surface area contributed by atoms with Crippen molar-refractivity contribution in [2.45, 2.75) is 0 Å². The summed E-state index contributed by atoms with van der Waals surface area (Å²) < 4.78 is 33.5. The van der Waals surface area contributed by atoms with Gasteiger partial charge in [0.1, 0.15) is 0 Å². The maximum Gasteiger partial charge on any atom is 0.0840 e. The summed E-state index contributed by atoms with van der Waals surface area (Å²) in [7, 11) is 0. The van der Waals surface area contributed by atoms with Gasteiger partial charge in [0.15, 0.2) is 0 Å². The van der Waals surface area contributed by atoms with Gasteiger partial charge in [-0.05, 0) is 18.2 Å². The predicted molar refractivity (Wildman–Crippen MR) is 82.6 cm³/mol. The number of hydrogen-bond donors (Lipinski definition) is 0. The molecule has 0 amide bonds. The average Bonchev–Trinajstić information content (AvgIpc) is 2.95. The molecule has 4 rings (SSSR count). The lowest BCUT2D eigenvalue weighted by Crippen LogP contribution is -1.81. The van der Waals surface area contributed by atoms with Crippen LogP contribution in [0, 0.1) is 0 Å². The van der Waals surface area contributed by atoms with Gasteiger partial charge in [0.2, 0.25) is 0 Å². The molecule has 0 unspecified atom stereocenters. The molecule has 0 aliphatic carbocycles. The Balaban J connectivity index is 2.11. The first-order valence-electron chi connectivity index (χ1n) is 7.93. The standard InChI is InChI=1S/C17H11NS/c1-2-10-16-12(6-1)13-7-5-8-14(17(13)19-16)15-9-3-4-11-18-15/h1-11H/i3D,4D,9D,11D. The lowest BCUT2D eigenvalue weighted by Gasteiger charge is -2.01. The minimum Gasteiger partial charge on any atom is -0.256 e. The summed E-state index contributed by atoms with van der Waals surface area (Å²) in [5, 5.41) is 2.23. The molecule has 19 heavy (non-hydrogen) atoms. The van der Waals surface area contributed by atoms with E-state index in [0.717, 1.165) is 25.7 Å². The molecule has 4 aromatic rings. The molecule has 0 bridgehead atoms. The molecule has 1 nitrogen and oxygen atoms in total. The van der Waals surface area contributed by atoms with E-state index in [1.54, 1.807) is 11.3 Å². The van der Waals surface area contributed by atoms with Crippen molar-refractivity contribution in [3.63, 3.8) is 0 Å². The van der Waals surface area contributed by atoms with E-state index in [9.17, 15) is 0 Å². The molecule has 0 atom stereocenters. The first kappa shape index (κ1) is 7.41. The number of pyridine rings is 1. The Morgan fingerprint density at radius 2 is 1.84 bits per heavy atom. The molecule has 2 aromatic heterocycles. The minimum absolute atomic E-state index is 0.101. The Labute approximate surface area is 120 Å². The first-order valence-corrected chi connectivity index (χ1v) is 6.74. The molecule has 90 valence electrons. The highest BCUT2D eigenvalue weighted by molar-refractivity contribution is 7.26. The topological polar surface area (TPSA) is 12.9 Å². The van der Waals surface area contributed by atoms with E-state index in [0.29, 0.717) is 5.69 Å². The lowest BCUT2D eigenvalue weighted by molar-refractivity contribution is 1.33. The smallest absolute Gasteiger partial charge is 0.0840 e. The van der Waals surface area contributed by atoms with Crippen molar-refractivity contribution < 1.29 is 5.48 Å². The molecule has 0 aliphatic rings. The lowest BCUT2D eigenvalue weighted by atomic mass is 10.1. The van der Waals surface area contributed by atoms with Crippen molar-refractivity contribution in [1.29, 1.82) is 0 Å². The zero-order valence-electron chi connectivity index (χ0n) is 13.9. The van der Waals surface area contributed by atoms with Crippen molar-refractivity contribution in [2.24, 2.45) is 0 Å². The van der Waals surface area contributed by atoms with Crippen LogP contribution in [0.25, 0.3) is 31.4 Å². The van der Waals surface area contributed by atoms with Crippen molar-refractivity contribution >= 4 is 31.5 Å². The second-order valence-electron chi connectivity index (χ2n) is 4.23. The average molecular weight is 265 g/mol. The monoisotopic (exact) mass is 265 g/mol. The third-order valence-electron chi connectivity index (χ3n) is 3.13. The quantitative estimate of drug-likeness (QED) is 0.465. The van der Waals surface area contributed by atoms with E-state index >= 15 is 0 Å². The number of rotatable bonds is 1. The van der Waals surface area contributed by atoms with Gasteiger partial charge in [-0.1, -0.05) is 42.4 Å². The van der Waals surface area contributed by atoms with Gasteiger partial charge >= 0.3 is 0 Å². The molecule has 0 fully saturated rings. The van der Waals surface area contributed by atoms with Crippen LogP contribution in [0.1, 0.15) is 5.48 Å². The zero-order valence-corrected chi connectivity index (χ0v) is 10.7. The van der Waals surface area contributed by atoms with Crippen molar-refractivity contribution in [2.75, 3.05) is 0 Å². The molecule has 2 heterocycles. The van der Waals surface area contributed by atoms with Crippen LogP contribution in [-0.2, 0) is 0 Å². The van der Waals surface area contributed by atoms with Crippen molar-refractivity contribution in [3.05, 3.63) is 66.8 Å². The van der Waals surface area contributed by atoms with E-state index in [1.807, 2.05) is 30.3 Å². The van der Waals surface area contributed by atoms with Crippen LogP contribution < -0.4 is 0 Å². The van der Waals surface area contributed by atoms with Gasteiger partial charge in [-0.15, -0.1) is 11.3 Å². The van der Waals surface area contributed by atoms with Crippen molar-refractivity contribution in [1.82, 2.24) is 4.98 Å². The number of fused-ring (bicyclic) bond motifs is 3. The van der Waals surface area contributed by atoms with Crippen LogP contribution in [0.5, 0.6) is 0 Å². The van der Waals surface area contributed by atoms with E-state index in [-0.39, 0.29) is 24.3 Å². The van der Waals surface area contributed by atoms with Gasteiger partial charge in [0, 0.05) is 31.9 Å². The Kier molecular flexibility index (Phi) is 1.63. The maximum atomic E-state index is 8.13. The fourth-order valence-corrected chi connectivity index (χ4v) is 3.51.